The molecule has 0 spiro atoms. The standard InChI is InChI=1S/C12H13FN2/c13-11-1-3-12(4-2-11)15-8-6-10(9-15)5-7-14/h1-4,10H,5-6,8-9H2. The van der Waals surface area contributed by atoms with Crippen LogP contribution in [0.4, 0.5) is 10.1 Å². The van der Waals surface area contributed by atoms with Crippen molar-refractivity contribution < 1.29 is 4.39 Å². The van der Waals surface area contributed by atoms with Crippen LogP contribution in [0.15, 0.2) is 24.3 Å². The van der Waals surface area contributed by atoms with E-state index >= 15 is 0 Å². The molecule has 1 aliphatic heterocycles. The molecule has 0 radical (unpaired) electrons. The summed E-state index contributed by atoms with van der Waals surface area (Å²) in [7, 11) is 0. The fourth-order valence-electron chi connectivity index (χ4n) is 2.01. The molecule has 15 heavy (non-hydrogen) atoms. The monoisotopic (exact) mass is 204 g/mol. The zero-order valence-corrected chi connectivity index (χ0v) is 8.49. The van der Waals surface area contributed by atoms with E-state index in [1.165, 1.54) is 12.1 Å². The lowest BCUT2D eigenvalue weighted by Crippen LogP contribution is -2.19. The van der Waals surface area contributed by atoms with E-state index in [0.717, 1.165) is 25.2 Å². The Labute approximate surface area is 88.9 Å². The van der Waals surface area contributed by atoms with Gasteiger partial charge < -0.3 is 4.90 Å². The molecule has 0 N–H and O–H groups in total. The molecular weight excluding hydrogens is 191 g/mol. The lowest BCUT2D eigenvalue weighted by atomic mass is 10.1. The first-order chi connectivity index (χ1) is 7.29. The molecule has 3 heteroatoms. The van der Waals surface area contributed by atoms with Crippen LogP contribution < -0.4 is 4.90 Å². The summed E-state index contributed by atoms with van der Waals surface area (Å²) in [5.41, 5.74) is 1.05. The van der Waals surface area contributed by atoms with Gasteiger partial charge in [-0.15, -0.1) is 0 Å². The van der Waals surface area contributed by atoms with Crippen molar-refractivity contribution in [1.29, 1.82) is 5.26 Å². The normalized spacial score (nSPS) is 20.3. The molecule has 0 bridgehead atoms. The second-order valence-corrected chi connectivity index (χ2v) is 3.94. The van der Waals surface area contributed by atoms with E-state index in [9.17, 15) is 4.39 Å². The maximum Gasteiger partial charge on any atom is 0.123 e. The van der Waals surface area contributed by atoms with Crippen LogP contribution in [0.25, 0.3) is 0 Å². The van der Waals surface area contributed by atoms with Gasteiger partial charge in [-0.05, 0) is 36.6 Å². The van der Waals surface area contributed by atoms with E-state index in [1.54, 1.807) is 12.1 Å². The van der Waals surface area contributed by atoms with Crippen molar-refractivity contribution >= 4 is 5.69 Å². The Morgan fingerprint density at radius 1 is 1.40 bits per heavy atom. The van der Waals surface area contributed by atoms with Gasteiger partial charge in [0.15, 0.2) is 0 Å². The van der Waals surface area contributed by atoms with Crippen molar-refractivity contribution in [2.45, 2.75) is 12.8 Å². The van der Waals surface area contributed by atoms with Crippen molar-refractivity contribution in [3.05, 3.63) is 30.1 Å². The van der Waals surface area contributed by atoms with Crippen molar-refractivity contribution in [1.82, 2.24) is 0 Å². The first-order valence-corrected chi connectivity index (χ1v) is 5.17. The average molecular weight is 204 g/mol. The maximum absolute atomic E-state index is 12.7. The smallest absolute Gasteiger partial charge is 0.123 e. The number of rotatable bonds is 2. The van der Waals surface area contributed by atoms with E-state index in [0.29, 0.717) is 12.3 Å². The second kappa shape index (κ2) is 4.31. The van der Waals surface area contributed by atoms with Gasteiger partial charge in [-0.3, -0.25) is 0 Å². The van der Waals surface area contributed by atoms with E-state index < -0.39 is 0 Å². The highest BCUT2D eigenvalue weighted by atomic mass is 19.1. The Morgan fingerprint density at radius 3 is 2.80 bits per heavy atom. The summed E-state index contributed by atoms with van der Waals surface area (Å²) < 4.78 is 12.7. The fraction of sp³-hybridized carbons (Fsp3) is 0.417. The van der Waals surface area contributed by atoms with Gasteiger partial charge in [0.25, 0.3) is 0 Å². The van der Waals surface area contributed by atoms with Crippen LogP contribution in [0.1, 0.15) is 12.8 Å². The van der Waals surface area contributed by atoms with Crippen LogP contribution in [0.2, 0.25) is 0 Å². The Bertz CT molecular complexity index is 366. The van der Waals surface area contributed by atoms with Gasteiger partial charge in [-0.1, -0.05) is 0 Å². The molecule has 1 aromatic carbocycles. The van der Waals surface area contributed by atoms with Gasteiger partial charge in [0.05, 0.1) is 6.07 Å². The largest absolute Gasteiger partial charge is 0.371 e. The maximum atomic E-state index is 12.7. The minimum Gasteiger partial charge on any atom is -0.371 e. The number of nitriles is 1. The van der Waals surface area contributed by atoms with Crippen molar-refractivity contribution in [2.75, 3.05) is 18.0 Å². The number of halogens is 1. The Hall–Kier alpha value is -1.56. The first-order valence-electron chi connectivity index (χ1n) is 5.17. The summed E-state index contributed by atoms with van der Waals surface area (Å²) in [5.74, 6) is 0.270. The third-order valence-corrected chi connectivity index (χ3v) is 2.86. The average Bonchev–Trinajstić information content (AvgIpc) is 2.68. The molecule has 1 heterocycles. The van der Waals surface area contributed by atoms with Gasteiger partial charge in [-0.2, -0.15) is 5.26 Å². The molecule has 1 fully saturated rings. The van der Waals surface area contributed by atoms with Crippen LogP contribution in [-0.4, -0.2) is 13.1 Å². The van der Waals surface area contributed by atoms with E-state index in [2.05, 4.69) is 11.0 Å². The predicted molar refractivity (Wildman–Crippen MR) is 57.0 cm³/mol. The first kappa shape index (κ1) is 9.97. The zero-order valence-electron chi connectivity index (χ0n) is 8.49. The number of hydrogen-bond acceptors (Lipinski definition) is 2. The zero-order chi connectivity index (χ0) is 10.7. The minimum absolute atomic E-state index is 0.202. The Balaban J connectivity index is 2.02. The molecule has 2 nitrogen and oxygen atoms in total. The molecule has 1 aromatic rings. The van der Waals surface area contributed by atoms with Crippen molar-refractivity contribution in [2.24, 2.45) is 5.92 Å². The van der Waals surface area contributed by atoms with Crippen LogP contribution in [0.3, 0.4) is 0 Å². The Morgan fingerprint density at radius 2 is 2.13 bits per heavy atom. The predicted octanol–water partition coefficient (Wildman–Crippen LogP) is 2.57. The molecular formula is C12H13FN2. The molecule has 1 unspecified atom stereocenters. The van der Waals surface area contributed by atoms with E-state index in [-0.39, 0.29) is 5.82 Å². The SMILES string of the molecule is N#CCC1CCN(c2ccc(F)cc2)C1. The highest BCUT2D eigenvalue weighted by Gasteiger charge is 2.22. The number of hydrogen-bond donors (Lipinski definition) is 0. The van der Waals surface area contributed by atoms with E-state index in [4.69, 9.17) is 5.26 Å². The molecule has 1 atom stereocenters. The number of nitrogens with zero attached hydrogens (tertiary/aromatic N) is 2. The molecule has 0 aromatic heterocycles. The van der Waals surface area contributed by atoms with E-state index in [1.807, 2.05) is 0 Å². The van der Waals surface area contributed by atoms with Crippen LogP contribution >= 0.6 is 0 Å². The molecule has 1 saturated heterocycles. The summed E-state index contributed by atoms with van der Waals surface area (Å²) in [6.07, 6.45) is 1.68. The second-order valence-electron chi connectivity index (χ2n) is 3.94. The molecule has 78 valence electrons. The lowest BCUT2D eigenvalue weighted by Gasteiger charge is -2.17. The fourth-order valence-corrected chi connectivity index (χ4v) is 2.01. The lowest BCUT2D eigenvalue weighted by molar-refractivity contribution is 0.606. The molecule has 0 amide bonds. The molecule has 2 rings (SSSR count). The third-order valence-electron chi connectivity index (χ3n) is 2.86. The molecule has 0 saturated carbocycles. The highest BCUT2D eigenvalue weighted by Crippen LogP contribution is 2.25. The van der Waals surface area contributed by atoms with Crippen molar-refractivity contribution in [3.63, 3.8) is 0 Å². The quantitative estimate of drug-likeness (QED) is 0.740. The molecule has 0 aliphatic carbocycles. The van der Waals surface area contributed by atoms with Gasteiger partial charge in [-0.25, -0.2) is 4.39 Å². The van der Waals surface area contributed by atoms with Crippen LogP contribution in [0, 0.1) is 23.1 Å². The topological polar surface area (TPSA) is 27.0 Å². The summed E-state index contributed by atoms with van der Waals surface area (Å²) in [4.78, 5) is 2.21. The van der Waals surface area contributed by atoms with Gasteiger partial charge in [0, 0.05) is 25.2 Å². The summed E-state index contributed by atoms with van der Waals surface area (Å²) in [6, 6.07) is 8.75. The van der Waals surface area contributed by atoms with Crippen molar-refractivity contribution in [3.8, 4) is 6.07 Å². The Kier molecular flexibility index (Phi) is 2.86. The summed E-state index contributed by atoms with van der Waals surface area (Å²) in [6.45, 7) is 1.89. The van der Waals surface area contributed by atoms with Crippen LogP contribution in [0.5, 0.6) is 0 Å². The minimum atomic E-state index is -0.202. The number of anilines is 1. The van der Waals surface area contributed by atoms with Gasteiger partial charge in [0.1, 0.15) is 5.82 Å². The summed E-state index contributed by atoms with van der Waals surface area (Å²) >= 11 is 0. The summed E-state index contributed by atoms with van der Waals surface area (Å²) in [5, 5.41) is 8.60. The van der Waals surface area contributed by atoms with Gasteiger partial charge >= 0.3 is 0 Å². The van der Waals surface area contributed by atoms with Gasteiger partial charge in [0.2, 0.25) is 0 Å². The number of benzene rings is 1. The highest BCUT2D eigenvalue weighted by molar-refractivity contribution is 5.47. The molecule has 1 aliphatic rings. The van der Waals surface area contributed by atoms with Crippen LogP contribution in [-0.2, 0) is 0 Å². The third kappa shape index (κ3) is 2.27.